The van der Waals surface area contributed by atoms with E-state index in [1.807, 2.05) is 42.5 Å². The molecule has 4 rings (SSSR count). The zero-order chi connectivity index (χ0) is 19.6. The van der Waals surface area contributed by atoms with Gasteiger partial charge >= 0.3 is 0 Å². The minimum absolute atomic E-state index is 0.102. The largest absolute Gasteiger partial charge is 0.508 e. The second-order valence-corrected chi connectivity index (χ2v) is 7.45. The maximum Gasteiger partial charge on any atom is 0.121 e. The number of phenols is 1. The van der Waals surface area contributed by atoms with Crippen LogP contribution in [0.2, 0.25) is 0 Å². The Morgan fingerprint density at radius 3 is 2.07 bits per heavy atom. The molecule has 0 radical (unpaired) electrons. The van der Waals surface area contributed by atoms with Crippen LogP contribution >= 0.6 is 0 Å². The van der Waals surface area contributed by atoms with Crippen LogP contribution < -0.4 is 5.32 Å². The summed E-state index contributed by atoms with van der Waals surface area (Å²) in [6.45, 7) is 4.32. The fourth-order valence-corrected chi connectivity index (χ4v) is 4.11. The highest BCUT2D eigenvalue weighted by Gasteiger charge is 2.34. The molecule has 0 bridgehead atoms. The normalized spacial score (nSPS) is 14.5. The Kier molecular flexibility index (Phi) is 4.89. The van der Waals surface area contributed by atoms with Gasteiger partial charge < -0.3 is 5.11 Å². The Morgan fingerprint density at radius 1 is 0.750 bits per heavy atom. The first-order valence-electron chi connectivity index (χ1n) is 9.69. The number of benzene rings is 4. The highest BCUT2D eigenvalue weighted by atomic mass is 16.3. The highest BCUT2D eigenvalue weighted by molar-refractivity contribution is 5.89. The molecule has 0 aliphatic carbocycles. The summed E-state index contributed by atoms with van der Waals surface area (Å²) in [6, 6.07) is 32.9. The molecule has 0 aromatic heterocycles. The van der Waals surface area contributed by atoms with Gasteiger partial charge in [-0.3, -0.25) is 5.32 Å². The van der Waals surface area contributed by atoms with Crippen LogP contribution in [0, 0.1) is 0 Å². The minimum Gasteiger partial charge on any atom is -0.508 e. The van der Waals surface area contributed by atoms with E-state index in [1.165, 1.54) is 5.56 Å². The Morgan fingerprint density at radius 2 is 1.36 bits per heavy atom. The lowest BCUT2D eigenvalue weighted by atomic mass is 9.80. The Labute approximate surface area is 166 Å². The molecule has 0 saturated heterocycles. The van der Waals surface area contributed by atoms with Crippen molar-refractivity contribution in [2.45, 2.75) is 25.4 Å². The molecule has 2 heteroatoms. The molecule has 28 heavy (non-hydrogen) atoms. The smallest absolute Gasteiger partial charge is 0.121 e. The van der Waals surface area contributed by atoms with Gasteiger partial charge in [0.1, 0.15) is 5.75 Å². The number of hydrogen-bond donors (Lipinski definition) is 2. The van der Waals surface area contributed by atoms with Crippen molar-refractivity contribution in [1.29, 1.82) is 0 Å². The van der Waals surface area contributed by atoms with Gasteiger partial charge in [-0.1, -0.05) is 91.0 Å². The first-order valence-corrected chi connectivity index (χ1v) is 9.69. The van der Waals surface area contributed by atoms with Crippen molar-refractivity contribution in [3.8, 4) is 5.75 Å². The van der Waals surface area contributed by atoms with Crippen molar-refractivity contribution in [3.63, 3.8) is 0 Å². The van der Waals surface area contributed by atoms with Crippen LogP contribution in [0.1, 0.15) is 36.6 Å². The third-order valence-corrected chi connectivity index (χ3v) is 5.56. The van der Waals surface area contributed by atoms with Crippen LogP contribution in [0.25, 0.3) is 10.8 Å². The summed E-state index contributed by atoms with van der Waals surface area (Å²) in [5, 5.41) is 16.9. The van der Waals surface area contributed by atoms with E-state index in [0.717, 1.165) is 21.9 Å². The fourth-order valence-electron chi connectivity index (χ4n) is 4.11. The van der Waals surface area contributed by atoms with Gasteiger partial charge in [0.05, 0.1) is 5.54 Å². The lowest BCUT2D eigenvalue weighted by Gasteiger charge is -2.37. The van der Waals surface area contributed by atoms with Gasteiger partial charge in [0.2, 0.25) is 0 Å². The van der Waals surface area contributed by atoms with Crippen LogP contribution in [0.15, 0.2) is 97.1 Å². The SMILES string of the molecule is C[C@H](N[C@@](C)(c1ccccc1)c1c(O)ccc2ccccc12)c1ccccc1. The Bertz CT molecular complexity index is 1080. The van der Waals surface area contributed by atoms with Gasteiger partial charge in [-0.05, 0) is 41.8 Å². The second kappa shape index (κ2) is 7.49. The molecule has 4 aromatic rings. The summed E-state index contributed by atoms with van der Waals surface area (Å²) in [5.74, 6) is 0.304. The zero-order valence-electron chi connectivity index (χ0n) is 16.3. The maximum absolute atomic E-state index is 10.9. The summed E-state index contributed by atoms with van der Waals surface area (Å²) in [7, 11) is 0. The molecular weight excluding hydrogens is 342 g/mol. The number of nitrogens with one attached hydrogen (secondary N) is 1. The topological polar surface area (TPSA) is 32.3 Å². The monoisotopic (exact) mass is 367 g/mol. The quantitative estimate of drug-likeness (QED) is 0.443. The van der Waals surface area contributed by atoms with E-state index in [-0.39, 0.29) is 6.04 Å². The van der Waals surface area contributed by atoms with Crippen molar-refractivity contribution in [3.05, 3.63) is 114 Å². The molecule has 0 aliphatic heterocycles. The predicted molar refractivity (Wildman–Crippen MR) is 117 cm³/mol. The van der Waals surface area contributed by atoms with Crippen molar-refractivity contribution in [2.75, 3.05) is 0 Å². The third kappa shape index (κ3) is 3.28. The van der Waals surface area contributed by atoms with Crippen LogP contribution in [0.5, 0.6) is 5.75 Å². The van der Waals surface area contributed by atoms with Crippen molar-refractivity contribution in [1.82, 2.24) is 5.32 Å². The molecule has 0 unspecified atom stereocenters. The third-order valence-electron chi connectivity index (χ3n) is 5.56. The summed E-state index contributed by atoms with van der Waals surface area (Å²) in [4.78, 5) is 0. The van der Waals surface area contributed by atoms with E-state index in [4.69, 9.17) is 0 Å². The minimum atomic E-state index is -0.568. The molecular formula is C26H25NO. The summed E-state index contributed by atoms with van der Waals surface area (Å²) in [5.41, 5.74) is 2.66. The van der Waals surface area contributed by atoms with Gasteiger partial charge in [-0.2, -0.15) is 0 Å². The fraction of sp³-hybridized carbons (Fsp3) is 0.154. The van der Waals surface area contributed by atoms with E-state index in [2.05, 4.69) is 67.7 Å². The van der Waals surface area contributed by atoms with E-state index < -0.39 is 5.54 Å². The van der Waals surface area contributed by atoms with Gasteiger partial charge in [0.15, 0.2) is 0 Å². The molecule has 0 amide bonds. The molecule has 0 spiro atoms. The maximum atomic E-state index is 10.9. The molecule has 2 nitrogen and oxygen atoms in total. The average Bonchev–Trinajstić information content (AvgIpc) is 2.74. The number of aromatic hydroxyl groups is 1. The molecule has 0 aliphatic rings. The first kappa shape index (κ1) is 18.3. The summed E-state index contributed by atoms with van der Waals surface area (Å²) >= 11 is 0. The van der Waals surface area contributed by atoms with Crippen LogP contribution in [0.4, 0.5) is 0 Å². The van der Waals surface area contributed by atoms with Crippen LogP contribution in [-0.4, -0.2) is 5.11 Å². The standard InChI is InChI=1S/C26H25NO/c1-19(20-11-5-3-6-12-20)27-26(2,22-14-7-4-8-15-22)25-23-16-10-9-13-21(23)17-18-24(25)28/h3-19,27-28H,1-2H3/t19-,26-/m0/s1. The zero-order valence-corrected chi connectivity index (χ0v) is 16.3. The number of rotatable bonds is 5. The van der Waals surface area contributed by atoms with Crippen molar-refractivity contribution >= 4 is 10.8 Å². The van der Waals surface area contributed by atoms with E-state index in [9.17, 15) is 5.11 Å². The summed E-state index contributed by atoms with van der Waals surface area (Å²) < 4.78 is 0. The molecule has 2 atom stereocenters. The molecule has 0 saturated carbocycles. The first-order chi connectivity index (χ1) is 13.6. The predicted octanol–water partition coefficient (Wildman–Crippen LogP) is 6.16. The van der Waals surface area contributed by atoms with Gasteiger partial charge in [0, 0.05) is 11.6 Å². The molecule has 0 fully saturated rings. The van der Waals surface area contributed by atoms with Crippen LogP contribution in [-0.2, 0) is 5.54 Å². The lowest BCUT2D eigenvalue weighted by molar-refractivity contribution is 0.369. The summed E-state index contributed by atoms with van der Waals surface area (Å²) in [6.07, 6.45) is 0. The van der Waals surface area contributed by atoms with Crippen LogP contribution in [0.3, 0.4) is 0 Å². The molecule has 2 N–H and O–H groups in total. The van der Waals surface area contributed by atoms with Crippen molar-refractivity contribution < 1.29 is 5.11 Å². The number of phenolic OH excluding ortho intramolecular Hbond substituents is 1. The Hall–Kier alpha value is -3.10. The Balaban J connectivity index is 1.92. The average molecular weight is 367 g/mol. The number of fused-ring (bicyclic) bond motifs is 1. The van der Waals surface area contributed by atoms with E-state index >= 15 is 0 Å². The van der Waals surface area contributed by atoms with Gasteiger partial charge in [-0.25, -0.2) is 0 Å². The molecule has 4 aromatic carbocycles. The molecule has 140 valence electrons. The second-order valence-electron chi connectivity index (χ2n) is 7.45. The highest BCUT2D eigenvalue weighted by Crippen LogP contribution is 2.41. The van der Waals surface area contributed by atoms with Gasteiger partial charge in [-0.15, -0.1) is 0 Å². The number of hydrogen-bond acceptors (Lipinski definition) is 2. The van der Waals surface area contributed by atoms with Crippen molar-refractivity contribution in [2.24, 2.45) is 0 Å². The lowest BCUT2D eigenvalue weighted by Crippen LogP contribution is -2.42. The van der Waals surface area contributed by atoms with E-state index in [0.29, 0.717) is 5.75 Å². The van der Waals surface area contributed by atoms with Gasteiger partial charge in [0.25, 0.3) is 0 Å². The molecule has 0 heterocycles. The van der Waals surface area contributed by atoms with E-state index in [1.54, 1.807) is 6.07 Å².